The second-order valence-corrected chi connectivity index (χ2v) is 1.18. The van der Waals surface area contributed by atoms with Gasteiger partial charge in [0.1, 0.15) is 6.23 Å². The van der Waals surface area contributed by atoms with E-state index in [-0.39, 0.29) is 6.23 Å². The molecule has 0 aromatic rings. The van der Waals surface area contributed by atoms with Crippen molar-refractivity contribution in [2.24, 2.45) is 0 Å². The zero-order chi connectivity index (χ0) is 4.41. The van der Waals surface area contributed by atoms with E-state index in [0.717, 1.165) is 0 Å². The van der Waals surface area contributed by atoms with Crippen LogP contribution in [0.15, 0.2) is 12.2 Å². The van der Waals surface area contributed by atoms with Crippen LogP contribution in [0.1, 0.15) is 0 Å². The van der Waals surface area contributed by atoms with Crippen LogP contribution in [-0.2, 0) is 4.74 Å². The van der Waals surface area contributed by atoms with Gasteiger partial charge in [0.15, 0.2) is 0 Å². The predicted molar refractivity (Wildman–Crippen MR) is 22.0 cm³/mol. The fourth-order valence-corrected chi connectivity index (χ4v) is 0.394. The van der Waals surface area contributed by atoms with E-state index in [2.05, 4.69) is 0 Å². The summed E-state index contributed by atoms with van der Waals surface area (Å²) in [6.45, 7) is 0.619. The first-order valence-electron chi connectivity index (χ1n) is 1.89. The van der Waals surface area contributed by atoms with Gasteiger partial charge >= 0.3 is 0 Å². The highest BCUT2D eigenvalue weighted by molar-refractivity contribution is 4.91. The molecule has 0 fully saturated rings. The fraction of sp³-hybridized carbons (Fsp3) is 0.500. The van der Waals surface area contributed by atoms with Crippen molar-refractivity contribution in [2.45, 2.75) is 6.23 Å². The maximum absolute atomic E-state index is 6.82. The van der Waals surface area contributed by atoms with Gasteiger partial charge in [0.25, 0.3) is 0 Å². The summed E-state index contributed by atoms with van der Waals surface area (Å²) in [6.07, 6.45) is 3.18. The van der Waals surface area contributed by atoms with Gasteiger partial charge in [-0.05, 0) is 6.08 Å². The van der Waals surface area contributed by atoms with Crippen molar-refractivity contribution in [3.05, 3.63) is 12.2 Å². The lowest BCUT2D eigenvalue weighted by atomic mass is 10.5. The molecular weight excluding hydrogens is 78.0 g/mol. The zero-order valence-electron chi connectivity index (χ0n) is 3.35. The van der Waals surface area contributed by atoms with Crippen molar-refractivity contribution < 1.29 is 4.74 Å². The minimum atomic E-state index is -0.384. The summed E-state index contributed by atoms with van der Waals surface area (Å²) in [5.41, 5.74) is 6.82. The Hall–Kier alpha value is -0.340. The molecule has 33 valence electrons. The summed E-state index contributed by atoms with van der Waals surface area (Å²) in [6, 6.07) is 0. The Morgan fingerprint density at radius 1 is 1.83 bits per heavy atom. The van der Waals surface area contributed by atoms with Crippen molar-refractivity contribution in [1.82, 2.24) is 5.73 Å². The molecule has 1 N–H and O–H groups in total. The van der Waals surface area contributed by atoms with Crippen LogP contribution in [0.4, 0.5) is 0 Å². The molecule has 0 bridgehead atoms. The van der Waals surface area contributed by atoms with Gasteiger partial charge in [-0.3, -0.25) is 0 Å². The highest BCUT2D eigenvalue weighted by atomic mass is 16.5. The van der Waals surface area contributed by atoms with E-state index in [9.17, 15) is 0 Å². The lowest BCUT2D eigenvalue weighted by Gasteiger charge is -1.92. The molecule has 1 atom stereocenters. The van der Waals surface area contributed by atoms with Crippen molar-refractivity contribution >= 4 is 0 Å². The zero-order valence-corrected chi connectivity index (χ0v) is 3.35. The van der Waals surface area contributed by atoms with Gasteiger partial charge in [0.05, 0.1) is 6.61 Å². The lowest BCUT2D eigenvalue weighted by molar-refractivity contribution is 0.128. The monoisotopic (exact) mass is 84.0 g/mol. The van der Waals surface area contributed by atoms with Crippen molar-refractivity contribution in [3.63, 3.8) is 0 Å². The molecule has 0 spiro atoms. The van der Waals surface area contributed by atoms with Crippen LogP contribution >= 0.6 is 0 Å². The summed E-state index contributed by atoms with van der Waals surface area (Å²) < 4.78 is 4.71. The van der Waals surface area contributed by atoms with Crippen LogP contribution in [0.2, 0.25) is 0 Å². The summed E-state index contributed by atoms with van der Waals surface area (Å²) >= 11 is 0. The lowest BCUT2D eigenvalue weighted by Crippen LogP contribution is -2.02. The van der Waals surface area contributed by atoms with E-state index < -0.39 is 0 Å². The van der Waals surface area contributed by atoms with Gasteiger partial charge < -0.3 is 4.74 Å². The van der Waals surface area contributed by atoms with Gasteiger partial charge in [-0.2, -0.15) is 0 Å². The van der Waals surface area contributed by atoms with Gasteiger partial charge in [-0.1, -0.05) is 6.08 Å². The Morgan fingerprint density at radius 2 is 2.67 bits per heavy atom. The molecule has 1 rings (SSSR count). The molecule has 1 heterocycles. The number of nitrogens with one attached hydrogen (secondary N) is 1. The van der Waals surface area contributed by atoms with Gasteiger partial charge in [-0.25, -0.2) is 5.73 Å². The maximum Gasteiger partial charge on any atom is 0.140 e. The highest BCUT2D eigenvalue weighted by Crippen LogP contribution is 1.95. The molecule has 1 aliphatic heterocycles. The molecule has 1 unspecified atom stereocenters. The summed E-state index contributed by atoms with van der Waals surface area (Å²) in [7, 11) is 0. The topological polar surface area (TPSA) is 33.0 Å². The van der Waals surface area contributed by atoms with E-state index in [1.807, 2.05) is 6.08 Å². The van der Waals surface area contributed by atoms with E-state index in [0.29, 0.717) is 6.61 Å². The van der Waals surface area contributed by atoms with E-state index >= 15 is 0 Å². The van der Waals surface area contributed by atoms with E-state index in [1.54, 1.807) is 6.08 Å². The van der Waals surface area contributed by atoms with Crippen LogP contribution in [0, 0.1) is 0 Å². The number of hydrogen-bond donors (Lipinski definition) is 0. The molecule has 0 aromatic heterocycles. The normalized spacial score (nSPS) is 31.8. The third-order valence-corrected chi connectivity index (χ3v) is 0.683. The molecule has 0 aliphatic carbocycles. The molecular formula is C4H6NO. The van der Waals surface area contributed by atoms with Crippen molar-refractivity contribution in [2.75, 3.05) is 6.61 Å². The molecule has 6 heavy (non-hydrogen) atoms. The standard InChI is InChI=1S/C4H6NO/c5-4-2-1-3-6-4/h1-2,4-5H,3H2. The van der Waals surface area contributed by atoms with Gasteiger partial charge in [-0.15, -0.1) is 0 Å². The van der Waals surface area contributed by atoms with Crippen LogP contribution < -0.4 is 5.73 Å². The largest absolute Gasteiger partial charge is 0.354 e. The summed E-state index contributed by atoms with van der Waals surface area (Å²) in [4.78, 5) is 0. The quantitative estimate of drug-likeness (QED) is 0.385. The molecule has 1 aliphatic rings. The SMILES string of the molecule is [NH]C1C=CCO1. The average Bonchev–Trinajstić information content (AvgIpc) is 1.86. The molecule has 1 radical (unpaired) electrons. The Morgan fingerprint density at radius 3 is 2.83 bits per heavy atom. The first-order chi connectivity index (χ1) is 2.89. The maximum atomic E-state index is 6.82. The van der Waals surface area contributed by atoms with E-state index in [4.69, 9.17) is 10.5 Å². The Kier molecular flexibility index (Phi) is 0.900. The predicted octanol–water partition coefficient (Wildman–Crippen LogP) is 0.182. The smallest absolute Gasteiger partial charge is 0.140 e. The highest BCUT2D eigenvalue weighted by Gasteiger charge is 1.99. The number of ether oxygens (including phenoxy) is 1. The van der Waals surface area contributed by atoms with Gasteiger partial charge in [0.2, 0.25) is 0 Å². The first-order valence-corrected chi connectivity index (χ1v) is 1.89. The second kappa shape index (κ2) is 1.41. The summed E-state index contributed by atoms with van der Waals surface area (Å²) in [5, 5.41) is 0. The van der Waals surface area contributed by atoms with Crippen LogP contribution in [0.5, 0.6) is 0 Å². The molecule has 0 saturated heterocycles. The number of hydrogen-bond acceptors (Lipinski definition) is 1. The molecule has 0 saturated carbocycles. The minimum absolute atomic E-state index is 0.384. The Bertz CT molecular complexity index is 69.9. The van der Waals surface area contributed by atoms with E-state index in [1.165, 1.54) is 0 Å². The fourth-order valence-electron chi connectivity index (χ4n) is 0.394. The minimum Gasteiger partial charge on any atom is -0.354 e. The van der Waals surface area contributed by atoms with Gasteiger partial charge in [0, 0.05) is 0 Å². The third-order valence-electron chi connectivity index (χ3n) is 0.683. The third kappa shape index (κ3) is 0.584. The molecule has 2 heteroatoms. The second-order valence-electron chi connectivity index (χ2n) is 1.18. The van der Waals surface area contributed by atoms with Crippen LogP contribution in [0.25, 0.3) is 0 Å². The Balaban J connectivity index is 2.38. The van der Waals surface area contributed by atoms with Crippen molar-refractivity contribution in [3.8, 4) is 0 Å². The molecule has 0 aromatic carbocycles. The average molecular weight is 84.1 g/mol. The van der Waals surface area contributed by atoms with Crippen molar-refractivity contribution in [1.29, 1.82) is 0 Å². The molecule has 2 nitrogen and oxygen atoms in total. The number of rotatable bonds is 0. The van der Waals surface area contributed by atoms with Crippen LogP contribution in [0.3, 0.4) is 0 Å². The molecule has 0 amide bonds. The first kappa shape index (κ1) is 3.84. The summed E-state index contributed by atoms with van der Waals surface area (Å²) in [5.74, 6) is 0. The van der Waals surface area contributed by atoms with Crippen LogP contribution in [-0.4, -0.2) is 12.8 Å². The Labute approximate surface area is 36.6 Å².